The number of carbonyl (C=O) groups excluding carboxylic acids is 2. The van der Waals surface area contributed by atoms with E-state index in [0.29, 0.717) is 19.6 Å². The first-order chi connectivity index (χ1) is 11.6. The Morgan fingerprint density at radius 1 is 1.12 bits per heavy atom. The fourth-order valence-electron chi connectivity index (χ4n) is 2.23. The molecule has 0 aromatic heterocycles. The van der Waals surface area contributed by atoms with Crippen molar-refractivity contribution in [2.45, 2.75) is 59.3 Å². The van der Waals surface area contributed by atoms with Crippen molar-refractivity contribution in [1.29, 1.82) is 0 Å². The number of ether oxygens (including phenoxy) is 2. The Hall–Kier alpha value is -1.88. The number of amides is 1. The number of ketones is 1. The standard InChI is InChI=1S/C20H31NO4/c1-15(13-24-14-17-10-8-7-9-11-17)12-18(22)16(2)21(6)19(23)25-20(3,4)5/h7-11,15-16H,12-14H2,1-6H3. The van der Waals surface area contributed by atoms with Crippen molar-refractivity contribution >= 4 is 11.9 Å². The lowest BCUT2D eigenvalue weighted by atomic mass is 10.0. The molecule has 140 valence electrons. The smallest absolute Gasteiger partial charge is 0.410 e. The maximum Gasteiger partial charge on any atom is 0.410 e. The van der Waals surface area contributed by atoms with Gasteiger partial charge in [0, 0.05) is 20.1 Å². The zero-order valence-electron chi connectivity index (χ0n) is 16.2. The first kappa shape index (κ1) is 21.2. The normalized spacial score (nSPS) is 13.8. The molecule has 0 radical (unpaired) electrons. The summed E-state index contributed by atoms with van der Waals surface area (Å²) < 4.78 is 11.0. The van der Waals surface area contributed by atoms with Gasteiger partial charge in [0.1, 0.15) is 5.60 Å². The van der Waals surface area contributed by atoms with Gasteiger partial charge < -0.3 is 14.4 Å². The molecular weight excluding hydrogens is 318 g/mol. The second-order valence-electron chi connectivity index (χ2n) is 7.54. The highest BCUT2D eigenvalue weighted by Crippen LogP contribution is 2.14. The fraction of sp³-hybridized carbons (Fsp3) is 0.600. The van der Waals surface area contributed by atoms with E-state index in [1.807, 2.05) is 37.3 Å². The number of Topliss-reactive ketones (excluding diaryl/α,β-unsaturated/α-hetero) is 1. The maximum absolute atomic E-state index is 12.4. The summed E-state index contributed by atoms with van der Waals surface area (Å²) in [6, 6.07) is 9.40. The van der Waals surface area contributed by atoms with Crippen LogP contribution in [0.1, 0.15) is 46.6 Å². The first-order valence-electron chi connectivity index (χ1n) is 8.70. The Bertz CT molecular complexity index is 551. The molecule has 0 aliphatic rings. The third-order valence-corrected chi connectivity index (χ3v) is 3.79. The van der Waals surface area contributed by atoms with Crippen LogP contribution in [0.15, 0.2) is 30.3 Å². The number of benzene rings is 1. The summed E-state index contributed by atoms with van der Waals surface area (Å²) in [6.07, 6.45) is -0.121. The molecule has 0 saturated heterocycles. The van der Waals surface area contributed by atoms with Crippen LogP contribution in [0, 0.1) is 5.92 Å². The number of hydrogen-bond acceptors (Lipinski definition) is 4. The van der Waals surface area contributed by atoms with Crippen LogP contribution < -0.4 is 0 Å². The van der Waals surface area contributed by atoms with Crippen LogP contribution in [0.5, 0.6) is 0 Å². The second-order valence-corrected chi connectivity index (χ2v) is 7.54. The zero-order chi connectivity index (χ0) is 19.0. The van der Waals surface area contributed by atoms with Gasteiger partial charge in [-0.1, -0.05) is 37.3 Å². The van der Waals surface area contributed by atoms with E-state index in [1.54, 1.807) is 34.7 Å². The molecule has 0 fully saturated rings. The van der Waals surface area contributed by atoms with E-state index >= 15 is 0 Å². The van der Waals surface area contributed by atoms with Gasteiger partial charge in [-0.3, -0.25) is 4.79 Å². The van der Waals surface area contributed by atoms with Crippen molar-refractivity contribution in [3.05, 3.63) is 35.9 Å². The summed E-state index contributed by atoms with van der Waals surface area (Å²) in [5, 5.41) is 0. The van der Waals surface area contributed by atoms with Gasteiger partial charge in [0.05, 0.1) is 12.6 Å². The van der Waals surface area contributed by atoms with Gasteiger partial charge in [-0.15, -0.1) is 0 Å². The summed E-state index contributed by atoms with van der Waals surface area (Å²) in [7, 11) is 1.59. The average Bonchev–Trinajstić information content (AvgIpc) is 2.52. The highest BCUT2D eigenvalue weighted by atomic mass is 16.6. The Balaban J connectivity index is 2.39. The van der Waals surface area contributed by atoms with E-state index in [9.17, 15) is 9.59 Å². The number of hydrogen-bond donors (Lipinski definition) is 0. The molecule has 25 heavy (non-hydrogen) atoms. The van der Waals surface area contributed by atoms with E-state index in [-0.39, 0.29) is 11.7 Å². The predicted octanol–water partition coefficient (Wildman–Crippen LogP) is 4.05. The summed E-state index contributed by atoms with van der Waals surface area (Å²) in [6.45, 7) is 10.1. The Kier molecular flexibility index (Phi) is 8.10. The van der Waals surface area contributed by atoms with Crippen LogP contribution in [-0.4, -0.2) is 42.1 Å². The molecule has 1 aromatic rings. The minimum Gasteiger partial charge on any atom is -0.444 e. The van der Waals surface area contributed by atoms with Crippen molar-refractivity contribution in [1.82, 2.24) is 4.90 Å². The number of likely N-dealkylation sites (N-methyl/N-ethyl adjacent to an activating group) is 1. The van der Waals surface area contributed by atoms with Gasteiger partial charge in [0.25, 0.3) is 0 Å². The molecule has 1 amide bonds. The third-order valence-electron chi connectivity index (χ3n) is 3.79. The van der Waals surface area contributed by atoms with Crippen molar-refractivity contribution in [3.8, 4) is 0 Å². The summed E-state index contributed by atoms with van der Waals surface area (Å²) >= 11 is 0. The Labute approximate surface area is 151 Å². The molecule has 0 heterocycles. The second kappa shape index (κ2) is 9.56. The van der Waals surface area contributed by atoms with E-state index in [1.165, 1.54) is 4.90 Å². The fourth-order valence-corrected chi connectivity index (χ4v) is 2.23. The monoisotopic (exact) mass is 349 g/mol. The lowest BCUT2D eigenvalue weighted by molar-refractivity contribution is -0.124. The van der Waals surface area contributed by atoms with Crippen LogP contribution in [0.2, 0.25) is 0 Å². The van der Waals surface area contributed by atoms with Crippen molar-refractivity contribution in [2.75, 3.05) is 13.7 Å². The summed E-state index contributed by atoms with van der Waals surface area (Å²) in [4.78, 5) is 25.8. The molecule has 0 aliphatic heterocycles. The number of carbonyl (C=O) groups is 2. The highest BCUT2D eigenvalue weighted by Gasteiger charge is 2.27. The molecule has 0 spiro atoms. The summed E-state index contributed by atoms with van der Waals surface area (Å²) in [5.74, 6) is 0.0925. The molecule has 1 aromatic carbocycles. The Morgan fingerprint density at radius 2 is 1.72 bits per heavy atom. The van der Waals surface area contributed by atoms with Gasteiger partial charge in [-0.05, 0) is 39.2 Å². The molecule has 1 rings (SSSR count). The minimum absolute atomic E-state index is 0.00386. The van der Waals surface area contributed by atoms with Crippen LogP contribution in [-0.2, 0) is 20.9 Å². The highest BCUT2D eigenvalue weighted by molar-refractivity contribution is 5.87. The SMILES string of the molecule is CC(COCc1ccccc1)CC(=O)C(C)N(C)C(=O)OC(C)(C)C. The molecule has 0 bridgehead atoms. The molecule has 0 N–H and O–H groups in total. The largest absolute Gasteiger partial charge is 0.444 e. The van der Waals surface area contributed by atoms with Crippen molar-refractivity contribution in [2.24, 2.45) is 5.92 Å². The summed E-state index contributed by atoms with van der Waals surface area (Å²) in [5.41, 5.74) is 0.534. The maximum atomic E-state index is 12.4. The van der Waals surface area contributed by atoms with Gasteiger partial charge in [0.2, 0.25) is 0 Å². The van der Waals surface area contributed by atoms with Gasteiger partial charge in [0.15, 0.2) is 5.78 Å². The van der Waals surface area contributed by atoms with Crippen LogP contribution >= 0.6 is 0 Å². The Morgan fingerprint density at radius 3 is 2.28 bits per heavy atom. The average molecular weight is 349 g/mol. The van der Waals surface area contributed by atoms with Gasteiger partial charge >= 0.3 is 6.09 Å². The third kappa shape index (κ3) is 8.16. The zero-order valence-corrected chi connectivity index (χ0v) is 16.2. The lowest BCUT2D eigenvalue weighted by Crippen LogP contribution is -2.43. The van der Waals surface area contributed by atoms with Crippen LogP contribution in [0.3, 0.4) is 0 Å². The van der Waals surface area contributed by atoms with Gasteiger partial charge in [-0.2, -0.15) is 0 Å². The molecule has 5 nitrogen and oxygen atoms in total. The number of nitrogens with zero attached hydrogens (tertiary/aromatic N) is 1. The van der Waals surface area contributed by atoms with Crippen LogP contribution in [0.4, 0.5) is 4.79 Å². The molecule has 2 atom stereocenters. The predicted molar refractivity (Wildman–Crippen MR) is 98.3 cm³/mol. The van der Waals surface area contributed by atoms with E-state index in [4.69, 9.17) is 9.47 Å². The minimum atomic E-state index is -0.577. The first-order valence-corrected chi connectivity index (χ1v) is 8.70. The molecule has 5 heteroatoms. The van der Waals surface area contributed by atoms with E-state index in [0.717, 1.165) is 5.56 Å². The van der Waals surface area contributed by atoms with Crippen molar-refractivity contribution in [3.63, 3.8) is 0 Å². The molecule has 0 aliphatic carbocycles. The number of rotatable bonds is 8. The topological polar surface area (TPSA) is 55.8 Å². The van der Waals surface area contributed by atoms with E-state index in [2.05, 4.69) is 0 Å². The molecular formula is C20H31NO4. The van der Waals surface area contributed by atoms with Crippen molar-refractivity contribution < 1.29 is 19.1 Å². The quantitative estimate of drug-likeness (QED) is 0.710. The van der Waals surface area contributed by atoms with E-state index < -0.39 is 17.7 Å². The van der Waals surface area contributed by atoms with Gasteiger partial charge in [-0.25, -0.2) is 4.79 Å². The molecule has 0 saturated carbocycles. The van der Waals surface area contributed by atoms with Crippen LogP contribution in [0.25, 0.3) is 0 Å². The molecule has 2 unspecified atom stereocenters. The lowest BCUT2D eigenvalue weighted by Gasteiger charge is -2.28.